The van der Waals surface area contributed by atoms with Crippen LogP contribution in [0.5, 0.6) is 0 Å². The van der Waals surface area contributed by atoms with Gasteiger partial charge in [-0.2, -0.15) is 0 Å². The van der Waals surface area contributed by atoms with Crippen molar-refractivity contribution in [3.8, 4) is 0 Å². The fraction of sp³-hybridized carbons (Fsp3) is 0.923. The molecule has 0 aromatic heterocycles. The summed E-state index contributed by atoms with van der Waals surface area (Å²) < 4.78 is 4.83. The topological polar surface area (TPSA) is 70.6 Å². The second kappa shape index (κ2) is 10.3. The lowest BCUT2D eigenvalue weighted by molar-refractivity contribution is -0.122. The molecule has 0 saturated carbocycles. The number of rotatable bonds is 10. The molecule has 0 spiro atoms. The highest BCUT2D eigenvalue weighted by Gasteiger charge is 2.12. The summed E-state index contributed by atoms with van der Waals surface area (Å²) in [5.41, 5.74) is 0. The van der Waals surface area contributed by atoms with Crippen LogP contribution in [-0.4, -0.2) is 50.0 Å². The Bertz CT molecular complexity index is 222. The van der Waals surface area contributed by atoms with Gasteiger partial charge in [-0.15, -0.1) is 0 Å². The molecular formula is C13H28N2O3. The Morgan fingerprint density at radius 1 is 1.22 bits per heavy atom. The average molecular weight is 260 g/mol. The third kappa shape index (κ3) is 9.39. The van der Waals surface area contributed by atoms with Crippen molar-refractivity contribution in [3.05, 3.63) is 0 Å². The minimum atomic E-state index is -0.473. The molecule has 0 aliphatic rings. The lowest BCUT2D eigenvalue weighted by atomic mass is 10.1. The molecule has 0 fully saturated rings. The second-order valence-electron chi connectivity index (χ2n) is 5.05. The first-order valence-corrected chi connectivity index (χ1v) is 6.65. The van der Waals surface area contributed by atoms with Gasteiger partial charge < -0.3 is 20.5 Å². The van der Waals surface area contributed by atoms with E-state index in [4.69, 9.17) is 4.74 Å². The molecule has 1 amide bonds. The number of methoxy groups -OCH3 is 1. The molecular weight excluding hydrogens is 232 g/mol. The van der Waals surface area contributed by atoms with E-state index in [1.807, 2.05) is 6.92 Å². The Labute approximate surface area is 110 Å². The van der Waals surface area contributed by atoms with Gasteiger partial charge in [0.15, 0.2) is 0 Å². The molecule has 5 heteroatoms. The molecule has 0 aliphatic heterocycles. The smallest absolute Gasteiger partial charge is 0.236 e. The third-order valence-corrected chi connectivity index (χ3v) is 2.70. The molecule has 5 nitrogen and oxygen atoms in total. The SMILES string of the molecule is COCC(O)CCNC(C)C(=O)NCCC(C)C. The van der Waals surface area contributed by atoms with Crippen molar-refractivity contribution in [1.29, 1.82) is 0 Å². The summed E-state index contributed by atoms with van der Waals surface area (Å²) in [6.45, 7) is 7.73. The maximum atomic E-state index is 11.7. The lowest BCUT2D eigenvalue weighted by Crippen LogP contribution is -2.43. The summed E-state index contributed by atoms with van der Waals surface area (Å²) >= 11 is 0. The van der Waals surface area contributed by atoms with Gasteiger partial charge in [0.25, 0.3) is 0 Å². The Morgan fingerprint density at radius 2 is 1.89 bits per heavy atom. The van der Waals surface area contributed by atoms with E-state index in [1.165, 1.54) is 0 Å². The lowest BCUT2D eigenvalue weighted by Gasteiger charge is -2.16. The average Bonchev–Trinajstić information content (AvgIpc) is 2.28. The van der Waals surface area contributed by atoms with E-state index in [9.17, 15) is 9.90 Å². The number of aliphatic hydroxyl groups is 1. The first kappa shape index (κ1) is 17.4. The summed E-state index contributed by atoms with van der Waals surface area (Å²) in [6.07, 6.45) is 1.10. The number of aliphatic hydroxyl groups excluding tert-OH is 1. The minimum absolute atomic E-state index is 0.0110. The summed E-state index contributed by atoms with van der Waals surface area (Å²) in [7, 11) is 1.56. The molecule has 0 aromatic carbocycles. The van der Waals surface area contributed by atoms with Crippen LogP contribution in [0.1, 0.15) is 33.6 Å². The van der Waals surface area contributed by atoms with Crippen LogP contribution in [0.3, 0.4) is 0 Å². The number of amides is 1. The van der Waals surface area contributed by atoms with Crippen molar-refractivity contribution < 1.29 is 14.6 Å². The molecule has 108 valence electrons. The van der Waals surface area contributed by atoms with E-state index in [-0.39, 0.29) is 11.9 Å². The quantitative estimate of drug-likeness (QED) is 0.536. The molecule has 2 unspecified atom stereocenters. The normalized spacial score (nSPS) is 14.6. The number of hydrogen-bond acceptors (Lipinski definition) is 4. The largest absolute Gasteiger partial charge is 0.391 e. The van der Waals surface area contributed by atoms with Gasteiger partial charge in [0.05, 0.1) is 18.8 Å². The third-order valence-electron chi connectivity index (χ3n) is 2.70. The molecule has 0 bridgehead atoms. The molecule has 0 saturated heterocycles. The van der Waals surface area contributed by atoms with Crippen molar-refractivity contribution in [1.82, 2.24) is 10.6 Å². The van der Waals surface area contributed by atoms with Crippen LogP contribution < -0.4 is 10.6 Å². The van der Waals surface area contributed by atoms with Crippen LogP contribution in [0, 0.1) is 5.92 Å². The highest BCUT2D eigenvalue weighted by Crippen LogP contribution is 1.97. The molecule has 2 atom stereocenters. The fourth-order valence-electron chi connectivity index (χ4n) is 1.47. The molecule has 0 rings (SSSR count). The highest BCUT2D eigenvalue weighted by molar-refractivity contribution is 5.81. The van der Waals surface area contributed by atoms with Gasteiger partial charge in [-0.05, 0) is 32.2 Å². The second-order valence-corrected chi connectivity index (χ2v) is 5.05. The Balaban J connectivity index is 3.61. The summed E-state index contributed by atoms with van der Waals surface area (Å²) in [5, 5.41) is 15.4. The van der Waals surface area contributed by atoms with E-state index in [0.29, 0.717) is 25.5 Å². The van der Waals surface area contributed by atoms with E-state index in [0.717, 1.165) is 13.0 Å². The Kier molecular flexibility index (Phi) is 9.92. The van der Waals surface area contributed by atoms with Gasteiger partial charge in [-0.1, -0.05) is 13.8 Å². The zero-order valence-corrected chi connectivity index (χ0v) is 12.0. The minimum Gasteiger partial charge on any atom is -0.391 e. The van der Waals surface area contributed by atoms with Gasteiger partial charge in [0.1, 0.15) is 0 Å². The van der Waals surface area contributed by atoms with Crippen LogP contribution in [-0.2, 0) is 9.53 Å². The molecule has 18 heavy (non-hydrogen) atoms. The zero-order chi connectivity index (χ0) is 14.0. The standard InChI is InChI=1S/C13H28N2O3/c1-10(2)5-7-15-13(17)11(3)14-8-6-12(16)9-18-4/h10-12,14,16H,5-9H2,1-4H3,(H,15,17). The van der Waals surface area contributed by atoms with Crippen LogP contribution in [0.2, 0.25) is 0 Å². The van der Waals surface area contributed by atoms with E-state index in [1.54, 1.807) is 7.11 Å². The number of carbonyl (C=O) groups is 1. The molecule has 0 radical (unpaired) electrons. The van der Waals surface area contributed by atoms with Crippen molar-refractivity contribution in [2.75, 3.05) is 26.8 Å². The first-order valence-electron chi connectivity index (χ1n) is 6.65. The fourth-order valence-corrected chi connectivity index (χ4v) is 1.47. The Morgan fingerprint density at radius 3 is 2.44 bits per heavy atom. The van der Waals surface area contributed by atoms with E-state index < -0.39 is 6.10 Å². The van der Waals surface area contributed by atoms with Gasteiger partial charge in [0, 0.05) is 13.7 Å². The van der Waals surface area contributed by atoms with Crippen LogP contribution in [0.4, 0.5) is 0 Å². The van der Waals surface area contributed by atoms with Crippen molar-refractivity contribution in [3.63, 3.8) is 0 Å². The van der Waals surface area contributed by atoms with Crippen LogP contribution in [0.15, 0.2) is 0 Å². The molecule has 0 aromatic rings. The van der Waals surface area contributed by atoms with Gasteiger partial charge >= 0.3 is 0 Å². The summed E-state index contributed by atoms with van der Waals surface area (Å²) in [5.74, 6) is 0.606. The number of nitrogens with one attached hydrogen (secondary N) is 2. The number of ether oxygens (including phenoxy) is 1. The molecule has 0 heterocycles. The highest BCUT2D eigenvalue weighted by atomic mass is 16.5. The van der Waals surface area contributed by atoms with Crippen molar-refractivity contribution >= 4 is 5.91 Å². The Hall–Kier alpha value is -0.650. The van der Waals surface area contributed by atoms with Crippen molar-refractivity contribution in [2.24, 2.45) is 5.92 Å². The predicted octanol–water partition coefficient (Wildman–Crippen LogP) is 0.524. The maximum Gasteiger partial charge on any atom is 0.236 e. The maximum absolute atomic E-state index is 11.7. The molecule has 3 N–H and O–H groups in total. The van der Waals surface area contributed by atoms with Gasteiger partial charge in [-0.3, -0.25) is 4.79 Å². The van der Waals surface area contributed by atoms with E-state index in [2.05, 4.69) is 24.5 Å². The van der Waals surface area contributed by atoms with Gasteiger partial charge in [-0.25, -0.2) is 0 Å². The zero-order valence-electron chi connectivity index (χ0n) is 12.0. The first-order chi connectivity index (χ1) is 8.47. The van der Waals surface area contributed by atoms with Crippen LogP contribution >= 0.6 is 0 Å². The monoisotopic (exact) mass is 260 g/mol. The summed E-state index contributed by atoms with van der Waals surface area (Å²) in [6, 6.07) is -0.230. The summed E-state index contributed by atoms with van der Waals surface area (Å²) in [4.78, 5) is 11.7. The predicted molar refractivity (Wildman–Crippen MR) is 72.4 cm³/mol. The number of hydrogen-bond donors (Lipinski definition) is 3. The van der Waals surface area contributed by atoms with E-state index >= 15 is 0 Å². The molecule has 0 aliphatic carbocycles. The van der Waals surface area contributed by atoms with Gasteiger partial charge in [0.2, 0.25) is 5.91 Å². The van der Waals surface area contributed by atoms with Crippen LogP contribution in [0.25, 0.3) is 0 Å². The number of carbonyl (C=O) groups excluding carboxylic acids is 1. The van der Waals surface area contributed by atoms with Crippen molar-refractivity contribution in [2.45, 2.75) is 45.8 Å².